The van der Waals surface area contributed by atoms with Crippen LogP contribution in [0.4, 0.5) is 0 Å². The molecule has 0 heterocycles. The average molecular weight is 757 g/mol. The highest BCUT2D eigenvalue weighted by atomic mass is 79.9. The molecule has 8 heteroatoms. The molecule has 6 rings (SSSR count). The summed E-state index contributed by atoms with van der Waals surface area (Å²) in [6, 6.07) is 48.0. The average Bonchev–Trinajstić information content (AvgIpc) is 3.20. The van der Waals surface area contributed by atoms with Crippen LogP contribution in [0.3, 0.4) is 0 Å². The van der Waals surface area contributed by atoms with Crippen molar-refractivity contribution in [1.82, 2.24) is 5.32 Å². The fraction of sp³-hybridized carbons (Fsp3) is 0.136. The summed E-state index contributed by atoms with van der Waals surface area (Å²) < 4.78 is 24.4. The number of esters is 1. The molecule has 0 saturated heterocycles. The Morgan fingerprint density at radius 3 is 1.75 bits per heavy atom. The molecule has 6 aromatic rings. The molecule has 6 aromatic carbocycles. The topological polar surface area (TPSA) is 83.1 Å². The number of benzene rings is 6. The van der Waals surface area contributed by atoms with Crippen molar-refractivity contribution in [2.45, 2.75) is 32.3 Å². The van der Waals surface area contributed by atoms with Gasteiger partial charge in [-0.15, -0.1) is 0 Å². The van der Waals surface area contributed by atoms with Crippen molar-refractivity contribution in [3.05, 3.63) is 184 Å². The van der Waals surface area contributed by atoms with Crippen LogP contribution in [0.5, 0.6) is 17.2 Å². The zero-order chi connectivity index (χ0) is 36.1. The maximum Gasteiger partial charge on any atom is 0.307 e. The number of rotatable bonds is 15. The Bertz CT molecular complexity index is 2070. The SMILES string of the molecule is COC(=O)CC(NC(=O)c1cc(Br)ccc1OCc1ccc(OCc2ccccc2)c(OCc2ccccc2)c1)c1ccc(-c2ccccc2)cc1. The summed E-state index contributed by atoms with van der Waals surface area (Å²) in [5, 5.41) is 3.04. The number of methoxy groups -OCH3 is 1. The number of carbonyl (C=O) groups is 2. The van der Waals surface area contributed by atoms with Crippen molar-refractivity contribution in [3.63, 3.8) is 0 Å². The van der Waals surface area contributed by atoms with Gasteiger partial charge in [0.2, 0.25) is 0 Å². The van der Waals surface area contributed by atoms with E-state index in [-0.39, 0.29) is 13.0 Å². The highest BCUT2D eigenvalue weighted by Crippen LogP contribution is 2.32. The first-order chi connectivity index (χ1) is 25.4. The first-order valence-corrected chi connectivity index (χ1v) is 17.7. The smallest absolute Gasteiger partial charge is 0.307 e. The monoisotopic (exact) mass is 755 g/mol. The second-order valence-electron chi connectivity index (χ2n) is 12.1. The number of amides is 1. The van der Waals surface area contributed by atoms with Crippen molar-refractivity contribution in [1.29, 1.82) is 0 Å². The molecule has 1 atom stereocenters. The van der Waals surface area contributed by atoms with Crippen LogP contribution >= 0.6 is 15.9 Å². The lowest BCUT2D eigenvalue weighted by molar-refractivity contribution is -0.141. The third-order valence-electron chi connectivity index (χ3n) is 8.39. The lowest BCUT2D eigenvalue weighted by Crippen LogP contribution is -2.31. The molecule has 0 spiro atoms. The van der Waals surface area contributed by atoms with Gasteiger partial charge in [-0.2, -0.15) is 0 Å². The lowest BCUT2D eigenvalue weighted by atomic mass is 9.98. The van der Waals surface area contributed by atoms with Gasteiger partial charge in [-0.05, 0) is 63.7 Å². The molecule has 0 saturated carbocycles. The zero-order valence-corrected chi connectivity index (χ0v) is 30.3. The highest BCUT2D eigenvalue weighted by Gasteiger charge is 2.22. The largest absolute Gasteiger partial charge is 0.488 e. The molecule has 0 aromatic heterocycles. The van der Waals surface area contributed by atoms with E-state index in [1.54, 1.807) is 12.1 Å². The summed E-state index contributed by atoms with van der Waals surface area (Å²) in [5.74, 6) is 0.742. The van der Waals surface area contributed by atoms with E-state index in [1.165, 1.54) is 7.11 Å². The highest BCUT2D eigenvalue weighted by molar-refractivity contribution is 9.10. The first-order valence-electron chi connectivity index (χ1n) is 16.9. The second-order valence-corrected chi connectivity index (χ2v) is 13.0. The van der Waals surface area contributed by atoms with E-state index in [4.69, 9.17) is 18.9 Å². The van der Waals surface area contributed by atoms with Gasteiger partial charge in [-0.3, -0.25) is 9.59 Å². The lowest BCUT2D eigenvalue weighted by Gasteiger charge is -2.20. The Labute approximate surface area is 312 Å². The molecule has 0 aliphatic carbocycles. The van der Waals surface area contributed by atoms with Crippen molar-refractivity contribution in [2.75, 3.05) is 7.11 Å². The van der Waals surface area contributed by atoms with Gasteiger partial charge in [-0.25, -0.2) is 0 Å². The van der Waals surface area contributed by atoms with Crippen molar-refractivity contribution in [2.24, 2.45) is 0 Å². The molecule has 1 unspecified atom stereocenters. The number of halogens is 1. The normalized spacial score (nSPS) is 11.3. The van der Waals surface area contributed by atoms with Gasteiger partial charge in [0.1, 0.15) is 25.6 Å². The predicted molar refractivity (Wildman–Crippen MR) is 205 cm³/mol. The van der Waals surface area contributed by atoms with Crippen LogP contribution in [0.15, 0.2) is 156 Å². The third-order valence-corrected chi connectivity index (χ3v) is 8.88. The van der Waals surface area contributed by atoms with E-state index in [9.17, 15) is 9.59 Å². The minimum atomic E-state index is -0.635. The van der Waals surface area contributed by atoms with Gasteiger partial charge in [0.15, 0.2) is 11.5 Å². The van der Waals surface area contributed by atoms with Gasteiger partial charge < -0.3 is 24.3 Å². The molecule has 0 bridgehead atoms. The quantitative estimate of drug-likeness (QED) is 0.105. The predicted octanol–water partition coefficient (Wildman–Crippen LogP) is 9.89. The van der Waals surface area contributed by atoms with Crippen LogP contribution in [-0.4, -0.2) is 19.0 Å². The van der Waals surface area contributed by atoms with Crippen molar-refractivity contribution >= 4 is 27.8 Å². The number of hydrogen-bond acceptors (Lipinski definition) is 6. The maximum absolute atomic E-state index is 13.9. The van der Waals surface area contributed by atoms with E-state index < -0.39 is 17.9 Å². The fourth-order valence-corrected chi connectivity index (χ4v) is 5.95. The van der Waals surface area contributed by atoms with E-state index in [2.05, 4.69) is 21.2 Å². The maximum atomic E-state index is 13.9. The van der Waals surface area contributed by atoms with Gasteiger partial charge in [-0.1, -0.05) is 137 Å². The standard InChI is InChI=1S/C44H38BrNO6/c1-49-43(47)27-39(36-20-18-35(19-21-36)34-15-9-4-10-16-34)46-44(48)38-26-37(45)22-24-40(38)50-30-33-17-23-41(51-28-31-11-5-2-6-12-31)42(25-33)52-29-32-13-7-3-8-14-32/h2-26,39H,27-30H2,1H3,(H,46,48). The Hall–Kier alpha value is -5.86. The van der Waals surface area contributed by atoms with Gasteiger partial charge in [0.25, 0.3) is 5.91 Å². The molecule has 1 N–H and O–H groups in total. The van der Waals surface area contributed by atoms with Crippen molar-refractivity contribution < 1.29 is 28.5 Å². The molecule has 262 valence electrons. The van der Waals surface area contributed by atoms with E-state index in [1.807, 2.05) is 140 Å². The van der Waals surface area contributed by atoms with E-state index in [0.717, 1.165) is 33.4 Å². The van der Waals surface area contributed by atoms with Gasteiger partial charge in [0.05, 0.1) is 25.1 Å². The van der Waals surface area contributed by atoms with E-state index in [0.29, 0.717) is 40.5 Å². The van der Waals surface area contributed by atoms with Crippen LogP contribution in [0.2, 0.25) is 0 Å². The van der Waals surface area contributed by atoms with Gasteiger partial charge >= 0.3 is 5.97 Å². The number of carbonyl (C=O) groups excluding carboxylic acids is 2. The molecule has 0 aliphatic rings. The van der Waals surface area contributed by atoms with E-state index >= 15 is 0 Å². The van der Waals surface area contributed by atoms with Crippen LogP contribution in [0.25, 0.3) is 11.1 Å². The molecule has 7 nitrogen and oxygen atoms in total. The summed E-state index contributed by atoms with van der Waals surface area (Å²) >= 11 is 3.50. The molecular formula is C44H38BrNO6. The third kappa shape index (κ3) is 9.89. The van der Waals surface area contributed by atoms with Crippen molar-refractivity contribution in [3.8, 4) is 28.4 Å². The molecular weight excluding hydrogens is 718 g/mol. The Balaban J connectivity index is 1.19. The molecule has 0 fully saturated rings. The van der Waals surface area contributed by atoms with Crippen LogP contribution in [-0.2, 0) is 29.4 Å². The Kier molecular flexibility index (Phi) is 12.4. The van der Waals surface area contributed by atoms with Crippen LogP contribution < -0.4 is 19.5 Å². The number of hydrogen-bond donors (Lipinski definition) is 1. The Morgan fingerprint density at radius 1 is 0.577 bits per heavy atom. The zero-order valence-electron chi connectivity index (χ0n) is 28.7. The second kappa shape index (κ2) is 17.9. The minimum Gasteiger partial charge on any atom is -0.488 e. The molecule has 52 heavy (non-hydrogen) atoms. The first kappa shape index (κ1) is 35.9. The summed E-state index contributed by atoms with van der Waals surface area (Å²) in [4.78, 5) is 26.3. The number of ether oxygens (including phenoxy) is 4. The fourth-order valence-electron chi connectivity index (χ4n) is 5.59. The summed E-state index contributed by atoms with van der Waals surface area (Å²) in [7, 11) is 1.33. The minimum absolute atomic E-state index is 0.0401. The summed E-state index contributed by atoms with van der Waals surface area (Å²) in [5.41, 5.74) is 6.08. The molecule has 0 radical (unpaired) electrons. The summed E-state index contributed by atoms with van der Waals surface area (Å²) in [6.07, 6.45) is -0.0401. The molecule has 0 aliphatic heterocycles. The Morgan fingerprint density at radius 2 is 1.12 bits per heavy atom. The number of nitrogens with one attached hydrogen (secondary N) is 1. The molecule has 1 amide bonds. The van der Waals surface area contributed by atoms with Crippen LogP contribution in [0, 0.1) is 0 Å². The van der Waals surface area contributed by atoms with Crippen LogP contribution in [0.1, 0.15) is 45.1 Å². The summed E-state index contributed by atoms with van der Waals surface area (Å²) in [6.45, 7) is 0.921. The van der Waals surface area contributed by atoms with Gasteiger partial charge in [0, 0.05) is 4.47 Å².